The molecule has 0 saturated carbocycles. The quantitative estimate of drug-likeness (QED) is 0.216. The van der Waals surface area contributed by atoms with Crippen LogP contribution in [0.5, 0.6) is 5.75 Å². The molecule has 1 unspecified atom stereocenters. The fourth-order valence-electron chi connectivity index (χ4n) is 4.54. The highest BCUT2D eigenvalue weighted by atomic mass is 35.5. The Kier molecular flexibility index (Phi) is 8.86. The molecule has 0 bridgehead atoms. The first-order valence-electron chi connectivity index (χ1n) is 12.8. The minimum Gasteiger partial charge on any atom is -0.495 e. The molecule has 2 aromatic carbocycles. The molecule has 2 N–H and O–H groups in total. The van der Waals surface area contributed by atoms with E-state index in [0.29, 0.717) is 34.2 Å². The molecule has 2 heterocycles. The first-order valence-corrected chi connectivity index (χ1v) is 13.2. The molecule has 1 atom stereocenters. The third kappa shape index (κ3) is 6.79. The zero-order valence-electron chi connectivity index (χ0n) is 22.5. The summed E-state index contributed by atoms with van der Waals surface area (Å²) in [6.07, 6.45) is -0.603. The number of hydrogen-bond acceptors (Lipinski definition) is 5. The number of halogens is 4. The molecule has 4 aromatic rings. The van der Waals surface area contributed by atoms with Gasteiger partial charge in [-0.25, -0.2) is 0 Å². The number of carbonyl (C=O) groups excluding carboxylic acids is 1. The van der Waals surface area contributed by atoms with Gasteiger partial charge in [-0.1, -0.05) is 37.6 Å². The number of aromatic nitrogens is 3. The van der Waals surface area contributed by atoms with E-state index < -0.39 is 23.6 Å². The summed E-state index contributed by atoms with van der Waals surface area (Å²) in [6, 6.07) is 9.78. The summed E-state index contributed by atoms with van der Waals surface area (Å²) in [6.45, 7) is 4.13. The van der Waals surface area contributed by atoms with Crippen molar-refractivity contribution < 1.29 is 32.6 Å². The van der Waals surface area contributed by atoms with Crippen molar-refractivity contribution in [2.45, 2.75) is 38.9 Å². The number of carbonyl (C=O) groups is 2. The molecular formula is C29H28ClF3N4O4. The SMILES string of the molecule is COc1c(-c2ccc(C(F)(F)F)cc2Cl)ccc2nn(C(CC(C)C)c3ccc(C(=O)NCCC(=O)O)nc3)cc12. The van der Waals surface area contributed by atoms with Gasteiger partial charge in [0.05, 0.1) is 36.0 Å². The summed E-state index contributed by atoms with van der Waals surface area (Å²) in [4.78, 5) is 27.3. The van der Waals surface area contributed by atoms with Crippen LogP contribution < -0.4 is 10.1 Å². The predicted molar refractivity (Wildman–Crippen MR) is 148 cm³/mol. The van der Waals surface area contributed by atoms with Crippen LogP contribution in [-0.4, -0.2) is 45.4 Å². The van der Waals surface area contributed by atoms with Gasteiger partial charge >= 0.3 is 12.1 Å². The Labute approximate surface area is 239 Å². The van der Waals surface area contributed by atoms with Gasteiger partial charge in [0.2, 0.25) is 0 Å². The van der Waals surface area contributed by atoms with Crippen molar-refractivity contribution in [3.8, 4) is 16.9 Å². The van der Waals surface area contributed by atoms with Crippen molar-refractivity contribution in [2.24, 2.45) is 5.92 Å². The van der Waals surface area contributed by atoms with Gasteiger partial charge in [0.25, 0.3) is 5.91 Å². The van der Waals surface area contributed by atoms with E-state index in [-0.39, 0.29) is 35.6 Å². The van der Waals surface area contributed by atoms with Crippen LogP contribution >= 0.6 is 11.6 Å². The van der Waals surface area contributed by atoms with E-state index in [2.05, 4.69) is 24.1 Å². The molecule has 0 fully saturated rings. The largest absolute Gasteiger partial charge is 0.495 e. The Balaban J connectivity index is 1.69. The minimum atomic E-state index is -4.51. The zero-order valence-corrected chi connectivity index (χ0v) is 23.3. The molecule has 0 aliphatic carbocycles. The third-order valence-corrected chi connectivity index (χ3v) is 6.80. The molecule has 216 valence electrons. The van der Waals surface area contributed by atoms with E-state index in [1.165, 1.54) is 13.2 Å². The summed E-state index contributed by atoms with van der Waals surface area (Å²) in [5.74, 6) is -0.787. The number of rotatable bonds is 10. The molecule has 12 heteroatoms. The summed E-state index contributed by atoms with van der Waals surface area (Å²) in [7, 11) is 1.48. The number of carboxylic acid groups (broad SMARTS) is 1. The minimum absolute atomic E-state index is 0.00500. The maximum absolute atomic E-state index is 13.2. The molecule has 0 radical (unpaired) electrons. The zero-order chi connectivity index (χ0) is 29.9. The molecule has 0 spiro atoms. The summed E-state index contributed by atoms with van der Waals surface area (Å²) in [5, 5.41) is 16.6. The van der Waals surface area contributed by atoms with E-state index in [1.54, 1.807) is 35.1 Å². The lowest BCUT2D eigenvalue weighted by Crippen LogP contribution is -2.27. The topological polar surface area (TPSA) is 106 Å². The van der Waals surface area contributed by atoms with Gasteiger partial charge in [0.15, 0.2) is 0 Å². The first kappa shape index (κ1) is 29.9. The molecule has 2 aromatic heterocycles. The number of benzene rings is 2. The van der Waals surface area contributed by atoms with E-state index in [9.17, 15) is 22.8 Å². The van der Waals surface area contributed by atoms with Gasteiger partial charge < -0.3 is 15.2 Å². The number of ether oxygens (including phenoxy) is 1. The second-order valence-corrected chi connectivity index (χ2v) is 10.3. The number of nitrogens with zero attached hydrogens (tertiary/aromatic N) is 3. The maximum Gasteiger partial charge on any atom is 0.416 e. The van der Waals surface area contributed by atoms with Crippen molar-refractivity contribution in [3.05, 3.63) is 76.7 Å². The highest BCUT2D eigenvalue weighted by Crippen LogP contribution is 2.42. The van der Waals surface area contributed by atoms with Crippen LogP contribution in [0.4, 0.5) is 13.2 Å². The molecule has 1 amide bonds. The van der Waals surface area contributed by atoms with Crippen LogP contribution in [0, 0.1) is 5.92 Å². The van der Waals surface area contributed by atoms with Crippen molar-refractivity contribution in [2.75, 3.05) is 13.7 Å². The monoisotopic (exact) mass is 588 g/mol. The average Bonchev–Trinajstić information content (AvgIpc) is 3.34. The van der Waals surface area contributed by atoms with Crippen LogP contribution in [0.3, 0.4) is 0 Å². The van der Waals surface area contributed by atoms with Crippen LogP contribution in [-0.2, 0) is 11.0 Å². The summed E-state index contributed by atoms with van der Waals surface area (Å²) < 4.78 is 47.0. The van der Waals surface area contributed by atoms with E-state index in [0.717, 1.165) is 17.7 Å². The van der Waals surface area contributed by atoms with E-state index >= 15 is 0 Å². The van der Waals surface area contributed by atoms with Crippen molar-refractivity contribution in [3.63, 3.8) is 0 Å². The molecule has 4 rings (SSSR count). The first-order chi connectivity index (χ1) is 19.4. The van der Waals surface area contributed by atoms with Gasteiger partial charge in [-0.15, -0.1) is 0 Å². The highest BCUT2D eigenvalue weighted by Gasteiger charge is 2.31. The molecule has 8 nitrogen and oxygen atoms in total. The number of alkyl halides is 3. The van der Waals surface area contributed by atoms with E-state index in [1.807, 2.05) is 6.20 Å². The fraction of sp³-hybridized carbons (Fsp3) is 0.310. The number of hydrogen-bond donors (Lipinski definition) is 2. The summed E-state index contributed by atoms with van der Waals surface area (Å²) in [5.41, 5.74) is 1.66. The standard InChI is InChI=1S/C29H28ClF3N4O4/c1-16(2)12-25(17-4-8-24(35-14-17)28(40)34-11-10-26(38)39)37-15-21-23(36-37)9-7-20(27(21)41-3)19-6-5-18(13-22(19)30)29(31,32)33/h4-9,13-16,25H,10-12H2,1-3H3,(H,34,40)(H,38,39). The van der Waals surface area contributed by atoms with Gasteiger partial charge in [-0.3, -0.25) is 19.3 Å². The number of carboxylic acids is 1. The maximum atomic E-state index is 13.2. The predicted octanol–water partition coefficient (Wildman–Crippen LogP) is 6.62. The van der Waals surface area contributed by atoms with Crippen LogP contribution in [0.25, 0.3) is 22.0 Å². The lowest BCUT2D eigenvalue weighted by molar-refractivity contribution is -0.138. The Morgan fingerprint density at radius 2 is 1.85 bits per heavy atom. The van der Waals surface area contributed by atoms with Crippen molar-refractivity contribution in [1.29, 1.82) is 0 Å². The average molecular weight is 589 g/mol. The van der Waals surface area contributed by atoms with Gasteiger partial charge in [-0.2, -0.15) is 18.3 Å². The number of pyridine rings is 1. The Bertz CT molecular complexity index is 1570. The lowest BCUT2D eigenvalue weighted by Gasteiger charge is -2.20. The molecular weight excluding hydrogens is 561 g/mol. The number of methoxy groups -OCH3 is 1. The number of fused-ring (bicyclic) bond motifs is 1. The lowest BCUT2D eigenvalue weighted by atomic mass is 9.98. The molecule has 0 aliphatic heterocycles. The van der Waals surface area contributed by atoms with Crippen molar-refractivity contribution >= 4 is 34.4 Å². The van der Waals surface area contributed by atoms with Gasteiger partial charge in [0, 0.05) is 35.1 Å². The van der Waals surface area contributed by atoms with Crippen LogP contribution in [0.1, 0.15) is 54.3 Å². The number of aliphatic carboxylic acids is 1. The second-order valence-electron chi connectivity index (χ2n) is 9.90. The Morgan fingerprint density at radius 3 is 2.44 bits per heavy atom. The van der Waals surface area contributed by atoms with Crippen molar-refractivity contribution in [1.82, 2.24) is 20.1 Å². The molecule has 0 aliphatic rings. The fourth-order valence-corrected chi connectivity index (χ4v) is 4.82. The smallest absolute Gasteiger partial charge is 0.416 e. The Morgan fingerprint density at radius 1 is 1.12 bits per heavy atom. The normalized spacial score (nSPS) is 12.5. The number of amides is 1. The van der Waals surface area contributed by atoms with E-state index in [4.69, 9.17) is 26.5 Å². The second kappa shape index (κ2) is 12.2. The number of nitrogens with one attached hydrogen (secondary N) is 1. The van der Waals surface area contributed by atoms with Gasteiger partial charge in [0.1, 0.15) is 11.4 Å². The van der Waals surface area contributed by atoms with Crippen LogP contribution in [0.2, 0.25) is 5.02 Å². The third-order valence-electron chi connectivity index (χ3n) is 6.49. The summed E-state index contributed by atoms with van der Waals surface area (Å²) >= 11 is 6.28. The molecule has 0 saturated heterocycles. The Hall–Kier alpha value is -4.12. The van der Waals surface area contributed by atoms with Gasteiger partial charge in [-0.05, 0) is 48.2 Å². The van der Waals surface area contributed by atoms with Crippen LogP contribution in [0.15, 0.2) is 54.9 Å². The highest BCUT2D eigenvalue weighted by molar-refractivity contribution is 6.33. The molecule has 41 heavy (non-hydrogen) atoms.